The summed E-state index contributed by atoms with van der Waals surface area (Å²) < 4.78 is 5.69. The van der Waals surface area contributed by atoms with Gasteiger partial charge in [-0.05, 0) is 78.4 Å². The number of carbonyl (C=O) groups excluding carboxylic acids is 1. The van der Waals surface area contributed by atoms with E-state index >= 15 is 0 Å². The fraction of sp³-hybridized carbons (Fsp3) is 0.303. The summed E-state index contributed by atoms with van der Waals surface area (Å²) in [5.41, 5.74) is 11.5. The molecule has 0 radical (unpaired) electrons. The van der Waals surface area contributed by atoms with E-state index in [1.807, 2.05) is 30.3 Å². The number of ether oxygens (including phenoxy) is 1. The summed E-state index contributed by atoms with van der Waals surface area (Å²) in [5, 5.41) is 3.40. The molecule has 0 aliphatic heterocycles. The number of aryl methyl sites for hydroxylation is 1. The molecule has 0 atom stereocenters. The van der Waals surface area contributed by atoms with Crippen molar-refractivity contribution in [2.45, 2.75) is 45.4 Å². The Kier molecular flexibility index (Phi) is 12.0. The smallest absolute Gasteiger partial charge is 0.343 e. The Labute approximate surface area is 232 Å². The zero-order chi connectivity index (χ0) is 27.9. The molecule has 3 rings (SSSR count). The molecule has 0 aromatic heterocycles. The molecular formula is C33H40N4O2. The van der Waals surface area contributed by atoms with Crippen LogP contribution in [0.5, 0.6) is 5.75 Å². The predicted octanol–water partition coefficient (Wildman–Crippen LogP) is 7.09. The molecule has 0 unspecified atom stereocenters. The normalized spacial score (nSPS) is 11.5. The largest absolute Gasteiger partial charge is 0.423 e. The van der Waals surface area contributed by atoms with Crippen LogP contribution in [0.2, 0.25) is 0 Å². The molecule has 0 bridgehead atoms. The van der Waals surface area contributed by atoms with Crippen LogP contribution < -0.4 is 15.8 Å². The van der Waals surface area contributed by atoms with E-state index in [-0.39, 0.29) is 0 Å². The van der Waals surface area contributed by atoms with Crippen LogP contribution in [0.1, 0.15) is 60.5 Å². The fourth-order valence-corrected chi connectivity index (χ4v) is 4.24. The van der Waals surface area contributed by atoms with E-state index in [2.05, 4.69) is 53.1 Å². The van der Waals surface area contributed by atoms with Gasteiger partial charge in [0, 0.05) is 37.6 Å². The molecule has 39 heavy (non-hydrogen) atoms. The number of aliphatic imine (C=N–C) groups is 2. The van der Waals surface area contributed by atoms with E-state index in [0.29, 0.717) is 17.1 Å². The lowest BCUT2D eigenvalue weighted by Crippen LogP contribution is -2.09. The van der Waals surface area contributed by atoms with Crippen molar-refractivity contribution in [3.8, 4) is 16.9 Å². The number of nitrogens with two attached hydrogens (primary N) is 1. The summed E-state index contributed by atoms with van der Waals surface area (Å²) in [6, 6.07) is 21.6. The number of nitrogens with one attached hydrogen (secondary N) is 1. The molecule has 0 aliphatic rings. The summed E-state index contributed by atoms with van der Waals surface area (Å²) in [5.74, 6) is 0.597. The van der Waals surface area contributed by atoms with Gasteiger partial charge in [0.05, 0.1) is 5.56 Å². The molecule has 0 heterocycles. The van der Waals surface area contributed by atoms with Gasteiger partial charge in [-0.2, -0.15) is 0 Å². The molecule has 0 spiro atoms. The number of nitrogens with zero attached hydrogens (tertiary/aromatic N) is 2. The first-order valence-electron chi connectivity index (χ1n) is 13.7. The summed E-state index contributed by atoms with van der Waals surface area (Å²) >= 11 is 0. The molecule has 6 heteroatoms. The number of amidine groups is 1. The van der Waals surface area contributed by atoms with E-state index in [1.54, 1.807) is 31.5 Å². The molecule has 0 aliphatic carbocycles. The van der Waals surface area contributed by atoms with Crippen molar-refractivity contribution >= 4 is 23.7 Å². The number of carbonyl (C=O) groups is 1. The Morgan fingerprint density at radius 3 is 2.44 bits per heavy atom. The van der Waals surface area contributed by atoms with Crippen LogP contribution in [0.15, 0.2) is 89.4 Å². The summed E-state index contributed by atoms with van der Waals surface area (Å²) in [6.07, 6.45) is 9.86. The highest BCUT2D eigenvalue weighted by molar-refractivity contribution is 5.94. The second-order valence-electron chi connectivity index (χ2n) is 9.40. The Bertz CT molecular complexity index is 1260. The highest BCUT2D eigenvalue weighted by atomic mass is 16.5. The summed E-state index contributed by atoms with van der Waals surface area (Å²) in [4.78, 5) is 21.2. The first-order valence-corrected chi connectivity index (χ1v) is 13.7. The first-order chi connectivity index (χ1) is 19.0. The molecule has 3 aromatic rings. The van der Waals surface area contributed by atoms with E-state index in [1.165, 1.54) is 5.56 Å². The third-order valence-electron chi connectivity index (χ3n) is 6.34. The first kappa shape index (κ1) is 29.4. The lowest BCUT2D eigenvalue weighted by atomic mass is 9.98. The van der Waals surface area contributed by atoms with E-state index in [4.69, 9.17) is 10.5 Å². The van der Waals surface area contributed by atoms with Gasteiger partial charge in [0.15, 0.2) is 0 Å². The van der Waals surface area contributed by atoms with Gasteiger partial charge in [-0.1, -0.05) is 63.1 Å². The van der Waals surface area contributed by atoms with Gasteiger partial charge in [-0.25, -0.2) is 4.79 Å². The van der Waals surface area contributed by atoms with Crippen LogP contribution in [0.3, 0.4) is 0 Å². The Hall–Kier alpha value is -4.19. The average Bonchev–Trinajstić information content (AvgIpc) is 2.95. The maximum atomic E-state index is 12.8. The standard InChI is InChI=1S/C33H40N4O2/c1-4-10-25-11-13-26(14-12-25)31-20-19-30(23-28(31)24-35-3)39-33(38)27-15-17-29(18-16-27)36-21-8-6-7-9-22-37-32(34)5-2/h5,11-20,23-24,36H,2,4,6-10,21-22H2,1,3H3,(H2,34,37). The molecule has 0 saturated heterocycles. The van der Waals surface area contributed by atoms with Gasteiger partial charge in [-0.3, -0.25) is 9.98 Å². The minimum absolute atomic E-state index is 0.391. The summed E-state index contributed by atoms with van der Waals surface area (Å²) in [6.45, 7) is 7.39. The Balaban J connectivity index is 1.52. The van der Waals surface area contributed by atoms with E-state index in [0.717, 1.165) is 74.0 Å². The maximum Gasteiger partial charge on any atom is 0.343 e. The van der Waals surface area contributed by atoms with Crippen molar-refractivity contribution in [1.29, 1.82) is 0 Å². The van der Waals surface area contributed by atoms with Gasteiger partial charge >= 0.3 is 5.97 Å². The van der Waals surface area contributed by atoms with E-state index < -0.39 is 5.97 Å². The van der Waals surface area contributed by atoms with Gasteiger partial charge < -0.3 is 15.8 Å². The van der Waals surface area contributed by atoms with Crippen molar-refractivity contribution in [3.05, 3.63) is 96.1 Å². The van der Waals surface area contributed by atoms with Crippen LogP contribution in [0, 0.1) is 0 Å². The van der Waals surface area contributed by atoms with Crippen LogP contribution in [-0.4, -0.2) is 38.2 Å². The second kappa shape index (κ2) is 15.9. The molecule has 0 saturated carbocycles. The van der Waals surface area contributed by atoms with Crippen LogP contribution >= 0.6 is 0 Å². The second-order valence-corrected chi connectivity index (χ2v) is 9.40. The van der Waals surface area contributed by atoms with Crippen LogP contribution in [-0.2, 0) is 6.42 Å². The molecule has 0 fully saturated rings. The van der Waals surface area contributed by atoms with Gasteiger partial charge in [0.2, 0.25) is 0 Å². The topological polar surface area (TPSA) is 89.1 Å². The van der Waals surface area contributed by atoms with Crippen molar-refractivity contribution in [3.63, 3.8) is 0 Å². The minimum Gasteiger partial charge on any atom is -0.423 e. The van der Waals surface area contributed by atoms with E-state index in [9.17, 15) is 4.79 Å². The lowest BCUT2D eigenvalue weighted by molar-refractivity contribution is 0.0735. The Morgan fingerprint density at radius 1 is 1.00 bits per heavy atom. The fourth-order valence-electron chi connectivity index (χ4n) is 4.24. The van der Waals surface area contributed by atoms with Crippen molar-refractivity contribution in [2.24, 2.45) is 15.7 Å². The highest BCUT2D eigenvalue weighted by Crippen LogP contribution is 2.28. The minimum atomic E-state index is -0.391. The van der Waals surface area contributed by atoms with Crippen LogP contribution in [0.25, 0.3) is 11.1 Å². The number of anilines is 1. The molecule has 3 aromatic carbocycles. The zero-order valence-electron chi connectivity index (χ0n) is 23.2. The SMILES string of the molecule is C=CC(N)=NCCCCCCNc1ccc(C(=O)Oc2ccc(-c3ccc(CCC)cc3)c(C=NC)c2)cc1. The maximum absolute atomic E-state index is 12.8. The van der Waals surface area contributed by atoms with Gasteiger partial charge in [0.1, 0.15) is 11.6 Å². The number of benzene rings is 3. The summed E-state index contributed by atoms with van der Waals surface area (Å²) in [7, 11) is 1.74. The number of rotatable bonds is 15. The molecular weight excluding hydrogens is 484 g/mol. The van der Waals surface area contributed by atoms with Gasteiger partial charge in [0.25, 0.3) is 0 Å². The van der Waals surface area contributed by atoms with Gasteiger partial charge in [-0.15, -0.1) is 0 Å². The van der Waals surface area contributed by atoms with Crippen molar-refractivity contribution in [2.75, 3.05) is 25.5 Å². The number of esters is 1. The molecule has 0 amide bonds. The number of hydrogen-bond donors (Lipinski definition) is 2. The monoisotopic (exact) mass is 524 g/mol. The van der Waals surface area contributed by atoms with Crippen molar-refractivity contribution in [1.82, 2.24) is 0 Å². The van der Waals surface area contributed by atoms with Crippen LogP contribution in [0.4, 0.5) is 5.69 Å². The quantitative estimate of drug-likeness (QED) is 0.0730. The van der Waals surface area contributed by atoms with Crippen molar-refractivity contribution < 1.29 is 9.53 Å². The molecule has 6 nitrogen and oxygen atoms in total. The molecule has 3 N–H and O–H groups in total. The predicted molar refractivity (Wildman–Crippen MR) is 164 cm³/mol. The Morgan fingerprint density at radius 2 is 1.74 bits per heavy atom. The third kappa shape index (κ3) is 9.56. The lowest BCUT2D eigenvalue weighted by Gasteiger charge is -2.11. The highest BCUT2D eigenvalue weighted by Gasteiger charge is 2.11. The number of unbranched alkanes of at least 4 members (excludes halogenated alkanes) is 3. The number of hydrogen-bond acceptors (Lipinski definition) is 5. The molecule has 204 valence electrons. The average molecular weight is 525 g/mol. The third-order valence-corrected chi connectivity index (χ3v) is 6.34. The zero-order valence-corrected chi connectivity index (χ0v) is 23.2.